The Kier molecular flexibility index (Phi) is 5.02. The molecule has 0 unspecified atom stereocenters. The van der Waals surface area contributed by atoms with Crippen molar-refractivity contribution in [1.82, 2.24) is 0 Å². The predicted octanol–water partition coefficient (Wildman–Crippen LogP) is 4.50. The molecule has 5 heteroatoms. The molecule has 0 aliphatic heterocycles. The highest BCUT2D eigenvalue weighted by molar-refractivity contribution is 9.08. The quantitative estimate of drug-likeness (QED) is 0.460. The summed E-state index contributed by atoms with van der Waals surface area (Å²) in [6.07, 6.45) is 4.66. The molecule has 0 radical (unpaired) electrons. The molecular weight excluding hydrogens is 320 g/mol. The number of benzene rings is 1. The maximum Gasteiger partial charge on any atom is 0.292 e. The Balaban J connectivity index is 2.24. The molecule has 0 amide bonds. The van der Waals surface area contributed by atoms with Crippen LogP contribution in [0.2, 0.25) is 0 Å². The molecule has 0 bridgehead atoms. The van der Waals surface area contributed by atoms with Crippen molar-refractivity contribution in [2.75, 3.05) is 11.9 Å². The first-order chi connectivity index (χ1) is 9.52. The highest BCUT2D eigenvalue weighted by Gasteiger charge is 2.26. The maximum absolute atomic E-state index is 11.3. The van der Waals surface area contributed by atoms with Crippen LogP contribution in [0.3, 0.4) is 0 Å². The van der Waals surface area contributed by atoms with Gasteiger partial charge in [-0.25, -0.2) is 0 Å². The Morgan fingerprint density at radius 1 is 1.35 bits per heavy atom. The van der Waals surface area contributed by atoms with Gasteiger partial charge in [-0.15, -0.1) is 0 Å². The molecule has 1 aromatic carbocycles. The van der Waals surface area contributed by atoms with Gasteiger partial charge in [0.2, 0.25) is 0 Å². The first-order valence-corrected chi connectivity index (χ1v) is 8.21. The molecule has 4 nitrogen and oxygen atoms in total. The van der Waals surface area contributed by atoms with E-state index < -0.39 is 0 Å². The van der Waals surface area contributed by atoms with Crippen LogP contribution in [0, 0.1) is 16.0 Å². The van der Waals surface area contributed by atoms with Crippen molar-refractivity contribution in [3.8, 4) is 0 Å². The Morgan fingerprint density at radius 3 is 2.55 bits per heavy atom. The molecular formula is C15H21BrN2O2. The SMILES string of the molecule is CC1CCC(N(C)c2ccc(CBr)cc2[N+](=O)[O-])CC1. The Labute approximate surface area is 128 Å². The number of nitro benzene ring substituents is 1. The average molecular weight is 341 g/mol. The van der Waals surface area contributed by atoms with Gasteiger partial charge >= 0.3 is 0 Å². The smallest absolute Gasteiger partial charge is 0.292 e. The van der Waals surface area contributed by atoms with E-state index in [4.69, 9.17) is 0 Å². The van der Waals surface area contributed by atoms with Crippen molar-refractivity contribution in [2.24, 2.45) is 5.92 Å². The van der Waals surface area contributed by atoms with Crippen LogP contribution in [0.25, 0.3) is 0 Å². The fourth-order valence-electron chi connectivity index (χ4n) is 2.92. The monoisotopic (exact) mass is 340 g/mol. The van der Waals surface area contributed by atoms with Crippen LogP contribution in [0.5, 0.6) is 0 Å². The van der Waals surface area contributed by atoms with Crippen molar-refractivity contribution in [3.05, 3.63) is 33.9 Å². The third-order valence-electron chi connectivity index (χ3n) is 4.30. The molecule has 0 N–H and O–H groups in total. The van der Waals surface area contributed by atoms with Crippen LogP contribution in [0.4, 0.5) is 11.4 Å². The van der Waals surface area contributed by atoms with E-state index >= 15 is 0 Å². The van der Waals surface area contributed by atoms with Gasteiger partial charge < -0.3 is 4.90 Å². The Bertz CT molecular complexity index is 485. The molecule has 1 saturated carbocycles. The fourth-order valence-corrected chi connectivity index (χ4v) is 3.27. The minimum absolute atomic E-state index is 0.211. The van der Waals surface area contributed by atoms with Crippen molar-refractivity contribution >= 4 is 27.3 Å². The molecule has 20 heavy (non-hydrogen) atoms. The van der Waals surface area contributed by atoms with Crippen LogP contribution < -0.4 is 4.90 Å². The molecule has 1 fully saturated rings. The zero-order chi connectivity index (χ0) is 14.7. The van der Waals surface area contributed by atoms with E-state index in [9.17, 15) is 10.1 Å². The summed E-state index contributed by atoms with van der Waals surface area (Å²) in [4.78, 5) is 13.1. The van der Waals surface area contributed by atoms with Crippen LogP contribution in [0.15, 0.2) is 18.2 Å². The molecule has 0 aromatic heterocycles. The van der Waals surface area contributed by atoms with E-state index in [-0.39, 0.29) is 10.6 Å². The normalized spacial score (nSPS) is 22.6. The second-order valence-electron chi connectivity index (χ2n) is 5.74. The Hall–Kier alpha value is -1.10. The van der Waals surface area contributed by atoms with Crippen LogP contribution in [0.1, 0.15) is 38.2 Å². The lowest BCUT2D eigenvalue weighted by Gasteiger charge is -2.34. The van der Waals surface area contributed by atoms with E-state index in [2.05, 4.69) is 27.8 Å². The minimum Gasteiger partial charge on any atom is -0.366 e. The second kappa shape index (κ2) is 6.57. The lowest BCUT2D eigenvalue weighted by Crippen LogP contribution is -2.35. The summed E-state index contributed by atoms with van der Waals surface area (Å²) in [7, 11) is 1.98. The van der Waals surface area contributed by atoms with E-state index in [0.29, 0.717) is 11.4 Å². The number of nitro groups is 1. The zero-order valence-corrected chi connectivity index (χ0v) is 13.6. The summed E-state index contributed by atoms with van der Waals surface area (Å²) in [5, 5.41) is 11.9. The van der Waals surface area contributed by atoms with Gasteiger partial charge in [-0.2, -0.15) is 0 Å². The Morgan fingerprint density at radius 2 is 2.00 bits per heavy atom. The van der Waals surface area contributed by atoms with Crippen molar-refractivity contribution < 1.29 is 4.92 Å². The van der Waals surface area contributed by atoms with Gasteiger partial charge in [-0.1, -0.05) is 28.9 Å². The van der Waals surface area contributed by atoms with Gasteiger partial charge in [-0.05, 0) is 43.2 Å². The van der Waals surface area contributed by atoms with E-state index in [0.717, 1.165) is 30.0 Å². The second-order valence-corrected chi connectivity index (χ2v) is 6.30. The summed E-state index contributed by atoms with van der Waals surface area (Å²) in [6.45, 7) is 2.28. The minimum atomic E-state index is -0.274. The molecule has 0 heterocycles. The maximum atomic E-state index is 11.3. The van der Waals surface area contributed by atoms with Crippen LogP contribution >= 0.6 is 15.9 Å². The van der Waals surface area contributed by atoms with Crippen LogP contribution in [-0.2, 0) is 5.33 Å². The molecule has 1 aliphatic carbocycles. The first kappa shape index (κ1) is 15.3. The summed E-state index contributed by atoms with van der Waals surface area (Å²) < 4.78 is 0. The van der Waals surface area contributed by atoms with E-state index in [1.165, 1.54) is 12.8 Å². The summed E-state index contributed by atoms with van der Waals surface area (Å²) in [5.74, 6) is 0.783. The summed E-state index contributed by atoms with van der Waals surface area (Å²) in [6, 6.07) is 5.93. The molecule has 0 spiro atoms. The largest absolute Gasteiger partial charge is 0.366 e. The fraction of sp³-hybridized carbons (Fsp3) is 0.600. The number of rotatable bonds is 4. The predicted molar refractivity (Wildman–Crippen MR) is 85.6 cm³/mol. The van der Waals surface area contributed by atoms with Crippen molar-refractivity contribution in [1.29, 1.82) is 0 Å². The van der Waals surface area contributed by atoms with E-state index in [1.807, 2.05) is 19.2 Å². The third kappa shape index (κ3) is 3.32. The highest BCUT2D eigenvalue weighted by atomic mass is 79.9. The summed E-state index contributed by atoms with van der Waals surface area (Å²) in [5.41, 5.74) is 1.88. The van der Waals surface area contributed by atoms with Gasteiger partial charge in [0.05, 0.1) is 4.92 Å². The molecule has 1 aliphatic rings. The van der Waals surface area contributed by atoms with Crippen molar-refractivity contribution in [3.63, 3.8) is 0 Å². The lowest BCUT2D eigenvalue weighted by atomic mass is 9.86. The first-order valence-electron chi connectivity index (χ1n) is 7.09. The van der Waals surface area contributed by atoms with Crippen molar-refractivity contribution in [2.45, 2.75) is 44.0 Å². The van der Waals surface area contributed by atoms with E-state index in [1.54, 1.807) is 6.07 Å². The topological polar surface area (TPSA) is 46.4 Å². The van der Waals surface area contributed by atoms with Gasteiger partial charge in [0, 0.05) is 24.5 Å². The molecule has 0 atom stereocenters. The third-order valence-corrected chi connectivity index (χ3v) is 4.95. The van der Waals surface area contributed by atoms with Gasteiger partial charge in [0.1, 0.15) is 5.69 Å². The number of halogens is 1. The standard InChI is InChI=1S/C15H21BrN2O2/c1-11-3-6-13(7-4-11)17(2)14-8-5-12(10-16)9-15(14)18(19)20/h5,8-9,11,13H,3-4,6-7,10H2,1-2H3. The number of nitrogens with zero attached hydrogens (tertiary/aromatic N) is 2. The summed E-state index contributed by atoms with van der Waals surface area (Å²) >= 11 is 3.35. The number of hydrogen-bond acceptors (Lipinski definition) is 3. The van der Waals surface area contributed by atoms with Crippen LogP contribution in [-0.4, -0.2) is 18.0 Å². The lowest BCUT2D eigenvalue weighted by molar-refractivity contribution is -0.384. The molecule has 1 aromatic rings. The average Bonchev–Trinajstić information content (AvgIpc) is 2.46. The van der Waals surface area contributed by atoms with Gasteiger partial charge in [0.25, 0.3) is 5.69 Å². The molecule has 2 rings (SSSR count). The molecule has 110 valence electrons. The molecule has 0 saturated heterocycles. The van der Waals surface area contributed by atoms with Gasteiger partial charge in [-0.3, -0.25) is 10.1 Å². The highest BCUT2D eigenvalue weighted by Crippen LogP contribution is 2.34. The number of anilines is 1. The zero-order valence-electron chi connectivity index (χ0n) is 12.0. The number of hydrogen-bond donors (Lipinski definition) is 0. The number of alkyl halides is 1. The van der Waals surface area contributed by atoms with Gasteiger partial charge in [0.15, 0.2) is 0 Å².